The lowest BCUT2D eigenvalue weighted by Gasteiger charge is -2.38. The predicted octanol–water partition coefficient (Wildman–Crippen LogP) is 3.53. The molecular weight excluding hydrogens is 332 g/mol. The maximum absolute atomic E-state index is 12.2. The molecule has 3 rings (SSSR count). The number of benzene rings is 1. The molecule has 1 aromatic heterocycles. The lowest BCUT2D eigenvalue weighted by Crippen LogP contribution is -2.51. The number of urea groups is 1. The largest absolute Gasteiger partial charge is 0.346 e. The van der Waals surface area contributed by atoms with E-state index in [1.807, 2.05) is 30.1 Å². The van der Waals surface area contributed by atoms with E-state index in [2.05, 4.69) is 4.90 Å². The van der Waals surface area contributed by atoms with E-state index < -0.39 is 0 Å². The number of aromatic nitrogens is 1. The van der Waals surface area contributed by atoms with Gasteiger partial charge in [0.2, 0.25) is 0 Å². The molecular formula is C16H21ClN4OS. The summed E-state index contributed by atoms with van der Waals surface area (Å²) in [6, 6.07) is 6.06. The molecule has 2 aromatic rings. The number of amides is 2. The van der Waals surface area contributed by atoms with Crippen molar-refractivity contribution in [2.45, 2.75) is 18.9 Å². The number of thiazole rings is 1. The Morgan fingerprint density at radius 2 is 2.17 bits per heavy atom. The Morgan fingerprint density at radius 3 is 2.91 bits per heavy atom. The number of hydrogen-bond donors (Lipinski definition) is 0. The Balaban J connectivity index is 1.78. The van der Waals surface area contributed by atoms with Crippen LogP contribution in [0.15, 0.2) is 18.2 Å². The molecule has 1 aromatic carbocycles. The highest BCUT2D eigenvalue weighted by Gasteiger charge is 2.28. The second-order valence-corrected chi connectivity index (χ2v) is 7.58. The molecule has 0 radical (unpaired) electrons. The van der Waals surface area contributed by atoms with E-state index >= 15 is 0 Å². The first-order valence-electron chi connectivity index (χ1n) is 7.71. The molecule has 0 N–H and O–H groups in total. The fourth-order valence-electron chi connectivity index (χ4n) is 2.94. The van der Waals surface area contributed by atoms with Crippen LogP contribution in [0.5, 0.6) is 0 Å². The lowest BCUT2D eigenvalue weighted by molar-refractivity contribution is 0.157. The average molecular weight is 353 g/mol. The third-order valence-electron chi connectivity index (χ3n) is 4.24. The normalized spacial score (nSPS) is 18.3. The monoisotopic (exact) mass is 352 g/mol. The van der Waals surface area contributed by atoms with Crippen molar-refractivity contribution < 1.29 is 4.79 Å². The Hall–Kier alpha value is -1.53. The van der Waals surface area contributed by atoms with Crippen molar-refractivity contribution in [3.8, 4) is 0 Å². The van der Waals surface area contributed by atoms with Gasteiger partial charge in [0.05, 0.1) is 16.3 Å². The van der Waals surface area contributed by atoms with Crippen LogP contribution < -0.4 is 4.90 Å². The minimum absolute atomic E-state index is 0.0490. The third kappa shape index (κ3) is 3.38. The summed E-state index contributed by atoms with van der Waals surface area (Å²) in [6.45, 7) is 1.80. The maximum atomic E-state index is 12.2. The number of anilines is 1. The van der Waals surface area contributed by atoms with Crippen LogP contribution in [0, 0.1) is 0 Å². The van der Waals surface area contributed by atoms with Gasteiger partial charge in [-0.1, -0.05) is 22.9 Å². The van der Waals surface area contributed by atoms with Gasteiger partial charge in [-0.3, -0.25) is 0 Å². The van der Waals surface area contributed by atoms with Crippen molar-refractivity contribution in [2.24, 2.45) is 0 Å². The summed E-state index contributed by atoms with van der Waals surface area (Å²) < 4.78 is 1.10. The Morgan fingerprint density at radius 1 is 1.39 bits per heavy atom. The van der Waals surface area contributed by atoms with Crippen LogP contribution >= 0.6 is 22.9 Å². The second-order valence-electron chi connectivity index (χ2n) is 6.14. The Bertz CT molecular complexity index is 717. The van der Waals surface area contributed by atoms with Crippen LogP contribution in [0.4, 0.5) is 9.93 Å². The molecule has 0 saturated carbocycles. The molecule has 5 nitrogen and oxygen atoms in total. The van der Waals surface area contributed by atoms with Gasteiger partial charge in [0.15, 0.2) is 5.13 Å². The third-order valence-corrected chi connectivity index (χ3v) is 5.55. The summed E-state index contributed by atoms with van der Waals surface area (Å²) in [5.41, 5.74) is 0.981. The molecule has 1 aliphatic rings. The first-order valence-corrected chi connectivity index (χ1v) is 8.90. The van der Waals surface area contributed by atoms with Gasteiger partial charge >= 0.3 is 6.03 Å². The quantitative estimate of drug-likeness (QED) is 0.830. The van der Waals surface area contributed by atoms with Crippen molar-refractivity contribution in [3.63, 3.8) is 0 Å². The number of likely N-dealkylation sites (N-methyl/N-ethyl adjacent to an activating group) is 1. The number of nitrogens with zero attached hydrogens (tertiary/aromatic N) is 4. The van der Waals surface area contributed by atoms with Gasteiger partial charge in [-0.15, -0.1) is 0 Å². The maximum Gasteiger partial charge on any atom is 0.319 e. The number of rotatable bonds is 2. The van der Waals surface area contributed by atoms with E-state index in [0.717, 1.165) is 46.3 Å². The van der Waals surface area contributed by atoms with Crippen molar-refractivity contribution in [1.29, 1.82) is 0 Å². The minimum Gasteiger partial charge on any atom is -0.346 e. The number of fused-ring (bicyclic) bond motifs is 1. The van der Waals surface area contributed by atoms with E-state index in [1.54, 1.807) is 30.3 Å². The van der Waals surface area contributed by atoms with Crippen molar-refractivity contribution in [1.82, 2.24) is 14.8 Å². The lowest BCUT2D eigenvalue weighted by atomic mass is 10.1. The van der Waals surface area contributed by atoms with Crippen molar-refractivity contribution in [2.75, 3.05) is 39.1 Å². The molecule has 23 heavy (non-hydrogen) atoms. The Labute approximate surface area is 145 Å². The van der Waals surface area contributed by atoms with Crippen LogP contribution in [-0.2, 0) is 0 Å². The van der Waals surface area contributed by atoms with E-state index in [9.17, 15) is 4.79 Å². The second kappa shape index (κ2) is 6.53. The first-order chi connectivity index (χ1) is 11.0. The summed E-state index contributed by atoms with van der Waals surface area (Å²) in [7, 11) is 5.46. The number of hydrogen-bond acceptors (Lipinski definition) is 4. The van der Waals surface area contributed by atoms with E-state index in [-0.39, 0.29) is 12.1 Å². The van der Waals surface area contributed by atoms with Gasteiger partial charge in [-0.25, -0.2) is 9.78 Å². The van der Waals surface area contributed by atoms with E-state index in [0.29, 0.717) is 0 Å². The zero-order valence-corrected chi connectivity index (χ0v) is 15.2. The summed E-state index contributed by atoms with van der Waals surface area (Å²) in [5.74, 6) is 0. The van der Waals surface area contributed by atoms with Gasteiger partial charge in [-0.2, -0.15) is 0 Å². The van der Waals surface area contributed by atoms with Crippen LogP contribution in [0.2, 0.25) is 5.02 Å². The molecule has 1 fully saturated rings. The molecule has 0 spiro atoms. The fraction of sp³-hybridized carbons (Fsp3) is 0.500. The summed E-state index contributed by atoms with van der Waals surface area (Å²) in [4.78, 5) is 22.6. The first kappa shape index (κ1) is 16.3. The summed E-state index contributed by atoms with van der Waals surface area (Å²) >= 11 is 7.72. The molecule has 1 atom stereocenters. The molecule has 2 amide bonds. The Kier molecular flexibility index (Phi) is 4.64. The van der Waals surface area contributed by atoms with Gasteiger partial charge < -0.3 is 14.7 Å². The van der Waals surface area contributed by atoms with Crippen molar-refractivity contribution in [3.05, 3.63) is 23.2 Å². The number of piperidine rings is 1. The predicted molar refractivity (Wildman–Crippen MR) is 96.7 cm³/mol. The number of carbonyl (C=O) groups excluding carboxylic acids is 1. The topological polar surface area (TPSA) is 39.7 Å². The molecule has 2 heterocycles. The molecule has 1 aliphatic heterocycles. The van der Waals surface area contributed by atoms with Crippen LogP contribution in [0.25, 0.3) is 10.2 Å². The molecule has 0 bridgehead atoms. The van der Waals surface area contributed by atoms with Crippen LogP contribution in [0.1, 0.15) is 12.8 Å². The zero-order valence-electron chi connectivity index (χ0n) is 13.6. The number of halogens is 1. The summed E-state index contributed by atoms with van der Waals surface area (Å²) in [5, 5.41) is 1.75. The summed E-state index contributed by atoms with van der Waals surface area (Å²) in [6.07, 6.45) is 2.09. The highest BCUT2D eigenvalue weighted by atomic mass is 35.5. The molecule has 0 aliphatic carbocycles. The van der Waals surface area contributed by atoms with Gasteiger partial charge in [0.1, 0.15) is 0 Å². The van der Waals surface area contributed by atoms with Gasteiger partial charge in [0, 0.05) is 39.3 Å². The SMILES string of the molecule is CN(C)C(=O)N(C)C1CCCN(c2nc3ccc(Cl)cc3s2)C1. The molecule has 1 saturated heterocycles. The molecule has 124 valence electrons. The van der Waals surface area contributed by atoms with E-state index in [4.69, 9.17) is 16.6 Å². The van der Waals surface area contributed by atoms with E-state index in [1.165, 1.54) is 0 Å². The zero-order chi connectivity index (χ0) is 16.6. The minimum atomic E-state index is 0.0490. The van der Waals surface area contributed by atoms with Gasteiger partial charge in [-0.05, 0) is 31.0 Å². The standard InChI is InChI=1S/C16H21ClN4OS/c1-19(2)16(22)20(3)12-5-4-8-21(10-12)15-18-13-7-6-11(17)9-14(13)23-15/h6-7,9,12H,4-5,8,10H2,1-3H3. The number of carbonyl (C=O) groups is 1. The van der Waals surface area contributed by atoms with Gasteiger partial charge in [0.25, 0.3) is 0 Å². The average Bonchev–Trinajstić information content (AvgIpc) is 2.96. The smallest absolute Gasteiger partial charge is 0.319 e. The molecule has 1 unspecified atom stereocenters. The highest BCUT2D eigenvalue weighted by Crippen LogP contribution is 2.32. The highest BCUT2D eigenvalue weighted by molar-refractivity contribution is 7.22. The van der Waals surface area contributed by atoms with Crippen molar-refractivity contribution >= 4 is 44.3 Å². The van der Waals surface area contributed by atoms with Crippen LogP contribution in [0.3, 0.4) is 0 Å². The fourth-order valence-corrected chi connectivity index (χ4v) is 4.21. The van der Waals surface area contributed by atoms with Crippen LogP contribution in [-0.4, -0.2) is 61.1 Å². The molecule has 7 heteroatoms.